The smallest absolute Gasteiger partial charge is 0.226 e. The second-order valence-electron chi connectivity index (χ2n) is 4.18. The highest BCUT2D eigenvalue weighted by Crippen LogP contribution is 2.22. The maximum absolute atomic E-state index is 13.7. The fourth-order valence-electron chi connectivity index (χ4n) is 1.50. The van der Waals surface area contributed by atoms with Crippen LogP contribution in [0, 0.1) is 5.82 Å². The van der Waals surface area contributed by atoms with Crippen molar-refractivity contribution in [3.63, 3.8) is 0 Å². The van der Waals surface area contributed by atoms with E-state index in [1.807, 2.05) is 13.8 Å². The number of halogens is 2. The molecule has 1 aromatic carbocycles. The third-order valence-electron chi connectivity index (χ3n) is 2.41. The molecule has 1 aromatic rings. The van der Waals surface area contributed by atoms with Gasteiger partial charge in [-0.05, 0) is 12.1 Å². The summed E-state index contributed by atoms with van der Waals surface area (Å²) >= 11 is 5.66. The topological polar surface area (TPSA) is 55.1 Å². The van der Waals surface area contributed by atoms with E-state index in [1.165, 1.54) is 12.1 Å². The summed E-state index contributed by atoms with van der Waals surface area (Å²) in [7, 11) is 0. The molecule has 0 radical (unpaired) electrons. The van der Waals surface area contributed by atoms with Crippen LogP contribution in [-0.4, -0.2) is 18.5 Å². The summed E-state index contributed by atoms with van der Waals surface area (Å²) in [6, 6.07) is 4.43. The van der Waals surface area contributed by atoms with E-state index in [0.29, 0.717) is 11.6 Å². The van der Waals surface area contributed by atoms with Crippen molar-refractivity contribution in [3.05, 3.63) is 34.6 Å². The summed E-state index contributed by atoms with van der Waals surface area (Å²) in [4.78, 5) is 11.3. The van der Waals surface area contributed by atoms with Gasteiger partial charge in [0.15, 0.2) is 0 Å². The van der Waals surface area contributed by atoms with Crippen molar-refractivity contribution >= 4 is 17.5 Å². The molecule has 94 valence electrons. The van der Waals surface area contributed by atoms with Crippen molar-refractivity contribution in [2.45, 2.75) is 25.8 Å². The van der Waals surface area contributed by atoms with Gasteiger partial charge in [-0.1, -0.05) is 31.5 Å². The van der Waals surface area contributed by atoms with Crippen molar-refractivity contribution in [2.24, 2.45) is 5.73 Å². The number of amides is 1. The number of carbonyl (C=O) groups is 1. The molecule has 0 saturated heterocycles. The Kier molecular flexibility index (Phi) is 4.90. The molecule has 5 heteroatoms. The van der Waals surface area contributed by atoms with Crippen LogP contribution in [-0.2, 0) is 4.79 Å². The molecule has 1 amide bonds. The normalized spacial score (nSPS) is 12.8. The zero-order valence-electron chi connectivity index (χ0n) is 9.84. The van der Waals surface area contributed by atoms with Gasteiger partial charge in [0.2, 0.25) is 5.91 Å². The van der Waals surface area contributed by atoms with Gasteiger partial charge in [-0.3, -0.25) is 4.79 Å². The third kappa shape index (κ3) is 3.98. The molecule has 0 aliphatic rings. The van der Waals surface area contributed by atoms with Crippen LogP contribution in [0.3, 0.4) is 0 Å². The predicted molar refractivity (Wildman–Crippen MR) is 66.5 cm³/mol. The van der Waals surface area contributed by atoms with Crippen molar-refractivity contribution in [1.29, 1.82) is 0 Å². The van der Waals surface area contributed by atoms with Crippen molar-refractivity contribution < 1.29 is 9.18 Å². The molecule has 0 aliphatic carbocycles. The van der Waals surface area contributed by atoms with Gasteiger partial charge in [-0.2, -0.15) is 0 Å². The molecule has 0 aliphatic heterocycles. The molecule has 17 heavy (non-hydrogen) atoms. The van der Waals surface area contributed by atoms with Crippen LogP contribution in [0.4, 0.5) is 4.39 Å². The predicted octanol–water partition coefficient (Wildman–Crippen LogP) is 2.05. The number of hydrogen-bond acceptors (Lipinski definition) is 2. The largest absolute Gasteiger partial charge is 0.369 e. The Morgan fingerprint density at radius 1 is 1.53 bits per heavy atom. The molecule has 1 rings (SSSR count). The molecule has 1 atom stereocenters. The molecule has 0 bridgehead atoms. The maximum atomic E-state index is 13.7. The van der Waals surface area contributed by atoms with Crippen LogP contribution >= 0.6 is 11.6 Å². The van der Waals surface area contributed by atoms with Crippen molar-refractivity contribution in [3.8, 4) is 0 Å². The van der Waals surface area contributed by atoms with Gasteiger partial charge in [0, 0.05) is 23.2 Å². The van der Waals surface area contributed by atoms with Crippen molar-refractivity contribution in [2.75, 3.05) is 6.54 Å². The fraction of sp³-hybridized carbons (Fsp3) is 0.417. The van der Waals surface area contributed by atoms with E-state index in [9.17, 15) is 9.18 Å². The summed E-state index contributed by atoms with van der Waals surface area (Å²) in [6.07, 6.45) is 0. The first kappa shape index (κ1) is 13.9. The molecule has 0 aromatic heterocycles. The van der Waals surface area contributed by atoms with Gasteiger partial charge < -0.3 is 11.1 Å². The summed E-state index contributed by atoms with van der Waals surface area (Å²) < 4.78 is 13.7. The lowest BCUT2D eigenvalue weighted by atomic mass is 9.97. The van der Waals surface area contributed by atoms with Crippen LogP contribution < -0.4 is 11.1 Å². The van der Waals surface area contributed by atoms with Crippen molar-refractivity contribution in [1.82, 2.24) is 5.32 Å². The van der Waals surface area contributed by atoms with Gasteiger partial charge in [0.05, 0.1) is 5.92 Å². The van der Waals surface area contributed by atoms with Crippen LogP contribution in [0.5, 0.6) is 0 Å². The molecule has 0 spiro atoms. The minimum absolute atomic E-state index is 0.201. The minimum Gasteiger partial charge on any atom is -0.369 e. The average molecular weight is 259 g/mol. The Hall–Kier alpha value is -1.13. The summed E-state index contributed by atoms with van der Waals surface area (Å²) in [5.74, 6) is -1.75. The number of nitrogens with one attached hydrogen (secondary N) is 1. The second-order valence-corrected chi connectivity index (χ2v) is 4.62. The lowest BCUT2D eigenvalue weighted by Gasteiger charge is -2.17. The Bertz CT molecular complexity index is 409. The van der Waals surface area contributed by atoms with Gasteiger partial charge in [-0.15, -0.1) is 0 Å². The number of benzene rings is 1. The standard InChI is InChI=1S/C12H16ClFN2O/c1-7(2)16-6-10(12(15)17)9-4-3-8(13)5-11(9)14/h3-5,7,10,16H,6H2,1-2H3,(H2,15,17)/t10-/m1/s1. The number of primary amides is 1. The number of rotatable bonds is 5. The Balaban J connectivity index is 2.93. The quantitative estimate of drug-likeness (QED) is 0.849. The van der Waals surface area contributed by atoms with Gasteiger partial charge >= 0.3 is 0 Å². The van der Waals surface area contributed by atoms with E-state index >= 15 is 0 Å². The lowest BCUT2D eigenvalue weighted by molar-refractivity contribution is -0.119. The number of hydrogen-bond donors (Lipinski definition) is 2. The van der Waals surface area contributed by atoms with Crippen LogP contribution in [0.25, 0.3) is 0 Å². The van der Waals surface area contributed by atoms with Gasteiger partial charge in [0.1, 0.15) is 5.82 Å². The Labute approximate surface area is 105 Å². The molecular formula is C12H16ClFN2O. The zero-order chi connectivity index (χ0) is 13.0. The van der Waals surface area contributed by atoms with E-state index in [0.717, 1.165) is 0 Å². The minimum atomic E-state index is -0.685. The zero-order valence-corrected chi connectivity index (χ0v) is 10.6. The molecule has 0 saturated carbocycles. The Morgan fingerprint density at radius 3 is 2.65 bits per heavy atom. The van der Waals surface area contributed by atoms with Crippen LogP contribution in [0.2, 0.25) is 5.02 Å². The van der Waals surface area contributed by atoms with E-state index in [4.69, 9.17) is 17.3 Å². The van der Waals surface area contributed by atoms with Gasteiger partial charge in [0.25, 0.3) is 0 Å². The first-order chi connectivity index (χ1) is 7.91. The summed E-state index contributed by atoms with van der Waals surface area (Å²) in [5.41, 5.74) is 5.56. The second kappa shape index (κ2) is 5.98. The molecule has 3 N–H and O–H groups in total. The third-order valence-corrected chi connectivity index (χ3v) is 2.65. The Morgan fingerprint density at radius 2 is 2.18 bits per heavy atom. The summed E-state index contributed by atoms with van der Waals surface area (Å²) in [5, 5.41) is 3.36. The highest BCUT2D eigenvalue weighted by molar-refractivity contribution is 6.30. The highest BCUT2D eigenvalue weighted by atomic mass is 35.5. The van der Waals surface area contributed by atoms with E-state index in [2.05, 4.69) is 5.32 Å². The summed E-state index contributed by atoms with van der Waals surface area (Å²) in [6.45, 7) is 4.19. The van der Waals surface area contributed by atoms with E-state index in [1.54, 1.807) is 6.07 Å². The van der Waals surface area contributed by atoms with Gasteiger partial charge in [-0.25, -0.2) is 4.39 Å². The molecule has 3 nitrogen and oxygen atoms in total. The molecular weight excluding hydrogens is 243 g/mol. The fourth-order valence-corrected chi connectivity index (χ4v) is 1.66. The molecule has 0 unspecified atom stereocenters. The monoisotopic (exact) mass is 258 g/mol. The SMILES string of the molecule is CC(C)NC[C@@H](C(N)=O)c1ccc(Cl)cc1F. The van der Waals surface area contributed by atoms with E-state index < -0.39 is 17.6 Å². The highest BCUT2D eigenvalue weighted by Gasteiger charge is 2.21. The maximum Gasteiger partial charge on any atom is 0.226 e. The lowest BCUT2D eigenvalue weighted by Crippen LogP contribution is -2.35. The average Bonchev–Trinajstić information content (AvgIpc) is 2.20. The molecule has 0 heterocycles. The van der Waals surface area contributed by atoms with Crippen LogP contribution in [0.15, 0.2) is 18.2 Å². The van der Waals surface area contributed by atoms with Crippen LogP contribution in [0.1, 0.15) is 25.3 Å². The first-order valence-corrected chi connectivity index (χ1v) is 5.77. The number of carbonyl (C=O) groups excluding carboxylic acids is 1. The number of nitrogens with two attached hydrogens (primary N) is 1. The molecule has 0 fully saturated rings. The van der Waals surface area contributed by atoms with E-state index in [-0.39, 0.29) is 11.6 Å². The first-order valence-electron chi connectivity index (χ1n) is 5.39.